The third-order valence-corrected chi connectivity index (χ3v) is 6.88. The van der Waals surface area contributed by atoms with E-state index in [9.17, 15) is 4.79 Å². The van der Waals surface area contributed by atoms with Gasteiger partial charge in [-0.15, -0.1) is 10.2 Å². The van der Waals surface area contributed by atoms with Crippen molar-refractivity contribution in [1.82, 2.24) is 24.6 Å². The van der Waals surface area contributed by atoms with Crippen molar-refractivity contribution < 1.29 is 4.79 Å². The van der Waals surface area contributed by atoms with Gasteiger partial charge in [0.05, 0.1) is 5.75 Å². The Morgan fingerprint density at radius 3 is 2.72 bits per heavy atom. The van der Waals surface area contributed by atoms with Crippen molar-refractivity contribution in [2.24, 2.45) is 7.05 Å². The van der Waals surface area contributed by atoms with Gasteiger partial charge in [0, 0.05) is 45.3 Å². The van der Waals surface area contributed by atoms with E-state index in [4.69, 9.17) is 0 Å². The van der Waals surface area contributed by atoms with Crippen LogP contribution in [0.2, 0.25) is 0 Å². The number of nitrogens with zero attached hydrogens (tertiary/aromatic N) is 5. The van der Waals surface area contributed by atoms with Crippen LogP contribution in [0.4, 0.5) is 0 Å². The van der Waals surface area contributed by atoms with Crippen LogP contribution >= 0.6 is 23.1 Å². The summed E-state index contributed by atoms with van der Waals surface area (Å²) in [6.07, 6.45) is 0. The number of benzene rings is 1. The van der Waals surface area contributed by atoms with Crippen molar-refractivity contribution in [3.63, 3.8) is 0 Å². The molecule has 0 radical (unpaired) electrons. The number of carbonyl (C=O) groups is 1. The molecule has 0 spiro atoms. The summed E-state index contributed by atoms with van der Waals surface area (Å²) in [6.45, 7) is 6.46. The van der Waals surface area contributed by atoms with Gasteiger partial charge in [0.15, 0.2) is 11.0 Å². The molecule has 1 saturated heterocycles. The first-order valence-electron chi connectivity index (χ1n) is 9.70. The van der Waals surface area contributed by atoms with E-state index in [-0.39, 0.29) is 5.91 Å². The van der Waals surface area contributed by atoms with Crippen LogP contribution in [0.15, 0.2) is 46.2 Å². The molecule has 1 amide bonds. The standard InChI is InChI=1S/C21H25N5OS2/c1-16-4-3-5-18(12-16)20-22-23-21(24(20)2)29-15-19(27)26-9-7-25(8-10-26)13-17-6-11-28-14-17/h3-6,11-12,14H,7-10,13,15H2,1-2H3. The van der Waals surface area contributed by atoms with Crippen LogP contribution in [0.1, 0.15) is 11.1 Å². The lowest BCUT2D eigenvalue weighted by molar-refractivity contribution is -0.130. The molecule has 8 heteroatoms. The van der Waals surface area contributed by atoms with Crippen LogP contribution in [-0.4, -0.2) is 62.4 Å². The van der Waals surface area contributed by atoms with Gasteiger partial charge in [-0.25, -0.2) is 0 Å². The Kier molecular flexibility index (Phi) is 6.32. The molecule has 152 valence electrons. The fraction of sp³-hybridized carbons (Fsp3) is 0.381. The summed E-state index contributed by atoms with van der Waals surface area (Å²) < 4.78 is 1.96. The van der Waals surface area contributed by atoms with Gasteiger partial charge in [-0.3, -0.25) is 9.69 Å². The van der Waals surface area contributed by atoms with Crippen molar-refractivity contribution in [2.75, 3.05) is 31.9 Å². The summed E-state index contributed by atoms with van der Waals surface area (Å²) in [5.74, 6) is 1.39. The topological polar surface area (TPSA) is 54.3 Å². The summed E-state index contributed by atoms with van der Waals surface area (Å²) in [7, 11) is 1.95. The number of aromatic nitrogens is 3. The predicted octanol–water partition coefficient (Wildman–Crippen LogP) is 3.29. The number of thiophene rings is 1. The molecular weight excluding hydrogens is 402 g/mol. The number of carbonyl (C=O) groups excluding carboxylic acids is 1. The van der Waals surface area contributed by atoms with E-state index in [0.29, 0.717) is 5.75 Å². The van der Waals surface area contributed by atoms with Gasteiger partial charge in [-0.05, 0) is 35.4 Å². The van der Waals surface area contributed by atoms with Crippen LogP contribution in [0.3, 0.4) is 0 Å². The summed E-state index contributed by atoms with van der Waals surface area (Å²) in [5, 5.41) is 13.7. The van der Waals surface area contributed by atoms with E-state index in [1.54, 1.807) is 11.3 Å². The van der Waals surface area contributed by atoms with Crippen LogP contribution in [0.5, 0.6) is 0 Å². The van der Waals surface area contributed by atoms with E-state index in [0.717, 1.165) is 49.3 Å². The number of amides is 1. The third-order valence-electron chi connectivity index (χ3n) is 5.15. The lowest BCUT2D eigenvalue weighted by Gasteiger charge is -2.34. The maximum Gasteiger partial charge on any atom is 0.233 e. The largest absolute Gasteiger partial charge is 0.339 e. The highest BCUT2D eigenvalue weighted by atomic mass is 32.2. The number of hydrogen-bond acceptors (Lipinski definition) is 6. The zero-order chi connectivity index (χ0) is 20.2. The molecule has 3 aromatic rings. The molecule has 29 heavy (non-hydrogen) atoms. The molecule has 0 aliphatic carbocycles. The second-order valence-corrected chi connectivity index (χ2v) is 9.03. The molecule has 1 aliphatic rings. The predicted molar refractivity (Wildman–Crippen MR) is 118 cm³/mol. The summed E-state index contributed by atoms with van der Waals surface area (Å²) in [6, 6.07) is 10.4. The number of aryl methyl sites for hydroxylation is 1. The van der Waals surface area contributed by atoms with Gasteiger partial charge in [-0.1, -0.05) is 35.5 Å². The Bertz CT molecular complexity index is 961. The molecule has 0 N–H and O–H groups in total. The first-order chi connectivity index (χ1) is 14.1. The number of thioether (sulfide) groups is 1. The van der Waals surface area contributed by atoms with Crippen LogP contribution in [0.25, 0.3) is 11.4 Å². The minimum Gasteiger partial charge on any atom is -0.339 e. The summed E-state index contributed by atoms with van der Waals surface area (Å²) in [5.41, 5.74) is 3.59. The first kappa shape index (κ1) is 20.1. The number of hydrogen-bond donors (Lipinski definition) is 0. The van der Waals surface area contributed by atoms with E-state index >= 15 is 0 Å². The van der Waals surface area contributed by atoms with Gasteiger partial charge in [0.25, 0.3) is 0 Å². The minimum atomic E-state index is 0.172. The molecule has 2 aromatic heterocycles. The molecule has 1 aromatic carbocycles. The van der Waals surface area contributed by atoms with Gasteiger partial charge < -0.3 is 9.47 Å². The van der Waals surface area contributed by atoms with Gasteiger partial charge in [0.1, 0.15) is 0 Å². The fourth-order valence-electron chi connectivity index (χ4n) is 3.49. The number of rotatable bonds is 6. The zero-order valence-corrected chi connectivity index (χ0v) is 18.4. The molecule has 0 bridgehead atoms. The second kappa shape index (κ2) is 9.11. The highest BCUT2D eigenvalue weighted by Crippen LogP contribution is 2.23. The highest BCUT2D eigenvalue weighted by Gasteiger charge is 2.22. The van der Waals surface area contributed by atoms with E-state index in [1.807, 2.05) is 28.6 Å². The molecular formula is C21H25N5OS2. The maximum atomic E-state index is 12.7. The minimum absolute atomic E-state index is 0.172. The molecule has 4 rings (SSSR count). The Morgan fingerprint density at radius 1 is 1.17 bits per heavy atom. The average Bonchev–Trinajstić information content (AvgIpc) is 3.36. The quantitative estimate of drug-likeness (QED) is 0.565. The smallest absolute Gasteiger partial charge is 0.233 e. The molecule has 0 unspecified atom stereocenters. The molecule has 6 nitrogen and oxygen atoms in total. The number of piperazine rings is 1. The Morgan fingerprint density at radius 2 is 2.00 bits per heavy atom. The Hall–Kier alpha value is -2.16. The average molecular weight is 428 g/mol. The van der Waals surface area contributed by atoms with Crippen LogP contribution in [-0.2, 0) is 18.4 Å². The first-order valence-corrected chi connectivity index (χ1v) is 11.6. The van der Waals surface area contributed by atoms with Crippen molar-refractivity contribution >= 4 is 29.0 Å². The van der Waals surface area contributed by atoms with E-state index < -0.39 is 0 Å². The maximum absolute atomic E-state index is 12.7. The van der Waals surface area contributed by atoms with Crippen molar-refractivity contribution in [3.05, 3.63) is 52.2 Å². The summed E-state index contributed by atoms with van der Waals surface area (Å²) >= 11 is 3.19. The van der Waals surface area contributed by atoms with Crippen molar-refractivity contribution in [2.45, 2.75) is 18.6 Å². The third kappa shape index (κ3) is 4.88. The van der Waals surface area contributed by atoms with Gasteiger partial charge in [0.2, 0.25) is 5.91 Å². The van der Waals surface area contributed by atoms with Gasteiger partial charge in [-0.2, -0.15) is 11.3 Å². The molecule has 1 fully saturated rings. The molecule has 1 aliphatic heterocycles. The zero-order valence-electron chi connectivity index (χ0n) is 16.7. The lowest BCUT2D eigenvalue weighted by Crippen LogP contribution is -2.48. The lowest BCUT2D eigenvalue weighted by atomic mass is 10.1. The Labute approximate surface area is 179 Å². The van der Waals surface area contributed by atoms with Crippen LogP contribution < -0.4 is 0 Å². The summed E-state index contributed by atoms with van der Waals surface area (Å²) in [4.78, 5) is 17.0. The van der Waals surface area contributed by atoms with Crippen LogP contribution in [0, 0.1) is 6.92 Å². The monoisotopic (exact) mass is 427 g/mol. The SMILES string of the molecule is Cc1cccc(-c2nnc(SCC(=O)N3CCN(Cc4ccsc4)CC3)n2C)c1. The van der Waals surface area contributed by atoms with Crippen molar-refractivity contribution in [1.29, 1.82) is 0 Å². The Balaban J connectivity index is 1.29. The highest BCUT2D eigenvalue weighted by molar-refractivity contribution is 7.99. The van der Waals surface area contributed by atoms with Crippen molar-refractivity contribution in [3.8, 4) is 11.4 Å². The van der Waals surface area contributed by atoms with Gasteiger partial charge >= 0.3 is 0 Å². The molecule has 0 atom stereocenters. The fourth-order valence-corrected chi connectivity index (χ4v) is 4.96. The van der Waals surface area contributed by atoms with E-state index in [2.05, 4.69) is 51.0 Å². The normalized spacial score (nSPS) is 15.0. The molecule has 0 saturated carbocycles. The second-order valence-electron chi connectivity index (χ2n) is 7.31. The van der Waals surface area contributed by atoms with E-state index in [1.165, 1.54) is 22.9 Å². The molecule has 3 heterocycles.